The predicted octanol–water partition coefficient (Wildman–Crippen LogP) is 3.59. The van der Waals surface area contributed by atoms with Gasteiger partial charge in [-0.3, -0.25) is 0 Å². The van der Waals surface area contributed by atoms with Gasteiger partial charge in [0.05, 0.1) is 0 Å². The van der Waals surface area contributed by atoms with E-state index in [1.807, 2.05) is 38.2 Å². The number of hydrogen-bond acceptors (Lipinski definition) is 4. The summed E-state index contributed by atoms with van der Waals surface area (Å²) in [7, 11) is 2.03. The molecule has 0 aliphatic heterocycles. The van der Waals surface area contributed by atoms with E-state index < -0.39 is 0 Å². The predicted molar refractivity (Wildman–Crippen MR) is 97.1 cm³/mol. The van der Waals surface area contributed by atoms with Crippen molar-refractivity contribution in [3.05, 3.63) is 35.2 Å². The molecular formula is C17H24ClN5O. The van der Waals surface area contributed by atoms with Crippen molar-refractivity contribution in [2.45, 2.75) is 33.2 Å². The van der Waals surface area contributed by atoms with Gasteiger partial charge in [0, 0.05) is 30.7 Å². The summed E-state index contributed by atoms with van der Waals surface area (Å²) >= 11 is 5.99. The molecule has 0 aliphatic rings. The first-order valence-electron chi connectivity index (χ1n) is 8.22. The second-order valence-electron chi connectivity index (χ2n) is 5.47. The first-order chi connectivity index (χ1) is 11.6. The van der Waals surface area contributed by atoms with Gasteiger partial charge >= 0.3 is 0 Å². The number of nitrogens with zero attached hydrogens (tertiary/aromatic N) is 4. The molecule has 2 rings (SSSR count). The molecule has 0 aliphatic carbocycles. The summed E-state index contributed by atoms with van der Waals surface area (Å²) in [5.41, 5.74) is 0.827. The number of unbranched alkanes of at least 4 members (excludes halogenated alkanes) is 1. The van der Waals surface area contributed by atoms with E-state index in [4.69, 9.17) is 16.1 Å². The topological polar surface area (TPSA) is 66.5 Å². The largest absolute Gasteiger partial charge is 0.357 e. The van der Waals surface area contributed by atoms with Crippen LogP contribution in [0.5, 0.6) is 0 Å². The Bertz CT molecular complexity index is 671. The Labute approximate surface area is 147 Å². The van der Waals surface area contributed by atoms with E-state index in [1.165, 1.54) is 0 Å². The molecule has 0 spiro atoms. The van der Waals surface area contributed by atoms with Gasteiger partial charge in [0.1, 0.15) is 6.54 Å². The van der Waals surface area contributed by atoms with E-state index in [9.17, 15) is 0 Å². The van der Waals surface area contributed by atoms with Gasteiger partial charge in [-0.25, -0.2) is 4.99 Å². The van der Waals surface area contributed by atoms with Crippen LogP contribution in [0.25, 0.3) is 11.4 Å². The second kappa shape index (κ2) is 9.27. The van der Waals surface area contributed by atoms with Crippen LogP contribution in [0.15, 0.2) is 33.8 Å². The highest BCUT2D eigenvalue weighted by atomic mass is 35.5. The monoisotopic (exact) mass is 349 g/mol. The zero-order chi connectivity index (χ0) is 17.4. The van der Waals surface area contributed by atoms with Crippen LogP contribution in [0.2, 0.25) is 5.02 Å². The van der Waals surface area contributed by atoms with E-state index in [0.717, 1.165) is 37.5 Å². The molecule has 0 bridgehead atoms. The Hall–Kier alpha value is -2.08. The van der Waals surface area contributed by atoms with Crippen LogP contribution in [0.1, 0.15) is 32.6 Å². The summed E-state index contributed by atoms with van der Waals surface area (Å²) in [4.78, 5) is 11.1. The van der Waals surface area contributed by atoms with Crippen LogP contribution >= 0.6 is 11.6 Å². The van der Waals surface area contributed by atoms with Crippen molar-refractivity contribution >= 4 is 17.6 Å². The standard InChI is InChI=1S/C17H24ClN5O/c1-4-6-10-23(3)17(19-5-2)20-12-15-21-16(22-24-15)13-8-7-9-14(18)11-13/h7-9,11H,4-6,10,12H2,1-3H3,(H,19,20). The average molecular weight is 350 g/mol. The van der Waals surface area contributed by atoms with Gasteiger partial charge in [-0.15, -0.1) is 0 Å². The number of hydrogen-bond donors (Lipinski definition) is 1. The van der Waals surface area contributed by atoms with Gasteiger partial charge in [-0.1, -0.05) is 42.2 Å². The lowest BCUT2D eigenvalue weighted by Crippen LogP contribution is -2.39. The van der Waals surface area contributed by atoms with Crippen molar-refractivity contribution in [2.24, 2.45) is 4.99 Å². The summed E-state index contributed by atoms with van der Waals surface area (Å²) in [5, 5.41) is 7.92. The van der Waals surface area contributed by atoms with Gasteiger partial charge in [0.15, 0.2) is 5.96 Å². The number of rotatable bonds is 7. The van der Waals surface area contributed by atoms with Gasteiger partial charge < -0.3 is 14.7 Å². The molecule has 0 amide bonds. The molecule has 0 radical (unpaired) electrons. The van der Waals surface area contributed by atoms with Crippen LogP contribution in [0, 0.1) is 0 Å². The molecule has 0 saturated heterocycles. The number of aliphatic imine (C=N–C) groups is 1. The third kappa shape index (κ3) is 5.23. The lowest BCUT2D eigenvalue weighted by molar-refractivity contribution is 0.379. The molecule has 0 atom stereocenters. The molecule has 0 fully saturated rings. The van der Waals surface area contributed by atoms with Gasteiger partial charge in [0.25, 0.3) is 0 Å². The van der Waals surface area contributed by atoms with E-state index in [1.54, 1.807) is 0 Å². The average Bonchev–Trinajstić information content (AvgIpc) is 3.05. The first-order valence-corrected chi connectivity index (χ1v) is 8.59. The van der Waals surface area contributed by atoms with Crippen molar-refractivity contribution in [2.75, 3.05) is 20.1 Å². The van der Waals surface area contributed by atoms with E-state index in [0.29, 0.717) is 23.3 Å². The molecule has 2 aromatic rings. The normalized spacial score (nSPS) is 11.6. The highest BCUT2D eigenvalue weighted by Gasteiger charge is 2.10. The first kappa shape index (κ1) is 18.3. The van der Waals surface area contributed by atoms with Crippen molar-refractivity contribution in [1.29, 1.82) is 0 Å². The quantitative estimate of drug-likeness (QED) is 0.611. The summed E-state index contributed by atoms with van der Waals surface area (Å²) in [6, 6.07) is 7.37. The number of nitrogens with one attached hydrogen (secondary N) is 1. The van der Waals surface area contributed by atoms with Crippen molar-refractivity contribution < 1.29 is 4.52 Å². The fraction of sp³-hybridized carbons (Fsp3) is 0.471. The molecule has 0 saturated carbocycles. The molecule has 0 unspecified atom stereocenters. The maximum Gasteiger partial charge on any atom is 0.248 e. The maximum absolute atomic E-state index is 5.99. The van der Waals surface area contributed by atoms with E-state index in [-0.39, 0.29) is 0 Å². The third-order valence-corrected chi connectivity index (χ3v) is 3.69. The Morgan fingerprint density at radius 3 is 2.92 bits per heavy atom. The zero-order valence-corrected chi connectivity index (χ0v) is 15.2. The molecule has 1 N–H and O–H groups in total. The fourth-order valence-electron chi connectivity index (χ4n) is 2.18. The van der Waals surface area contributed by atoms with Crippen LogP contribution in [-0.2, 0) is 6.54 Å². The zero-order valence-electron chi connectivity index (χ0n) is 14.4. The Kier molecular flexibility index (Phi) is 7.06. The molecule has 130 valence electrons. The van der Waals surface area contributed by atoms with Gasteiger partial charge in [-0.2, -0.15) is 4.98 Å². The van der Waals surface area contributed by atoms with E-state index >= 15 is 0 Å². The molecule has 1 aromatic heterocycles. The minimum atomic E-state index is 0.340. The second-order valence-corrected chi connectivity index (χ2v) is 5.90. The minimum Gasteiger partial charge on any atom is -0.357 e. The van der Waals surface area contributed by atoms with Crippen LogP contribution in [0.3, 0.4) is 0 Å². The van der Waals surface area contributed by atoms with Gasteiger partial charge in [-0.05, 0) is 25.5 Å². The molecule has 6 nitrogen and oxygen atoms in total. The summed E-state index contributed by atoms with van der Waals surface area (Å²) in [5.74, 6) is 1.84. The molecule has 1 heterocycles. The van der Waals surface area contributed by atoms with Crippen LogP contribution in [0.4, 0.5) is 0 Å². The molecule has 7 heteroatoms. The van der Waals surface area contributed by atoms with Crippen LogP contribution in [-0.4, -0.2) is 41.1 Å². The maximum atomic E-state index is 5.99. The number of guanidine groups is 1. The van der Waals surface area contributed by atoms with Crippen LogP contribution < -0.4 is 5.32 Å². The highest BCUT2D eigenvalue weighted by molar-refractivity contribution is 6.30. The fourth-order valence-corrected chi connectivity index (χ4v) is 2.37. The van der Waals surface area contributed by atoms with Gasteiger partial charge in [0.2, 0.25) is 11.7 Å². The number of aromatic nitrogens is 2. The Morgan fingerprint density at radius 1 is 1.38 bits per heavy atom. The summed E-state index contributed by atoms with van der Waals surface area (Å²) in [6.45, 7) is 6.33. The van der Waals surface area contributed by atoms with E-state index in [2.05, 4.69) is 32.3 Å². The SMILES string of the molecule is CCCCN(C)C(=NCc1nc(-c2cccc(Cl)c2)no1)NCC. The Morgan fingerprint density at radius 2 is 2.21 bits per heavy atom. The Balaban J connectivity index is 2.06. The highest BCUT2D eigenvalue weighted by Crippen LogP contribution is 2.20. The molecule has 1 aromatic carbocycles. The molecular weight excluding hydrogens is 326 g/mol. The lowest BCUT2D eigenvalue weighted by Gasteiger charge is -2.21. The lowest BCUT2D eigenvalue weighted by atomic mass is 10.2. The van der Waals surface area contributed by atoms with Crippen molar-refractivity contribution in [3.63, 3.8) is 0 Å². The summed E-state index contributed by atoms with van der Waals surface area (Å²) in [6.07, 6.45) is 2.27. The minimum absolute atomic E-state index is 0.340. The third-order valence-electron chi connectivity index (χ3n) is 3.46. The van der Waals surface area contributed by atoms with Crippen molar-refractivity contribution in [1.82, 2.24) is 20.4 Å². The number of halogens is 1. The summed E-state index contributed by atoms with van der Waals surface area (Å²) < 4.78 is 5.29. The molecule has 24 heavy (non-hydrogen) atoms. The van der Waals surface area contributed by atoms with Crippen molar-refractivity contribution in [3.8, 4) is 11.4 Å². The number of benzene rings is 1. The smallest absolute Gasteiger partial charge is 0.248 e.